The van der Waals surface area contributed by atoms with Crippen molar-refractivity contribution in [1.82, 2.24) is 5.43 Å². The van der Waals surface area contributed by atoms with Crippen LogP contribution in [-0.2, 0) is 4.74 Å². The lowest BCUT2D eigenvalue weighted by molar-refractivity contribution is 0.171. The van der Waals surface area contributed by atoms with Gasteiger partial charge in [-0.05, 0) is 12.2 Å². The molecule has 0 rings (SSSR count). The van der Waals surface area contributed by atoms with E-state index in [0.717, 1.165) is 17.2 Å². The van der Waals surface area contributed by atoms with E-state index in [1.54, 1.807) is 11.8 Å². The summed E-state index contributed by atoms with van der Waals surface area (Å²) in [6.45, 7) is 4.02. The van der Waals surface area contributed by atoms with E-state index in [2.05, 4.69) is 15.3 Å². The Morgan fingerprint density at radius 2 is 2.25 bits per heavy atom. The number of hydrogen-bond donors (Lipinski definition) is 1. The van der Waals surface area contributed by atoms with Gasteiger partial charge in [-0.3, -0.25) is 0 Å². The number of ether oxygens (including phenoxy) is 1. The molecule has 0 saturated heterocycles. The molecule has 0 bridgehead atoms. The van der Waals surface area contributed by atoms with Crippen LogP contribution in [0.1, 0.15) is 20.3 Å². The molecule has 0 fully saturated rings. The van der Waals surface area contributed by atoms with E-state index in [1.807, 2.05) is 13.8 Å². The van der Waals surface area contributed by atoms with Gasteiger partial charge >= 0.3 is 6.09 Å². The summed E-state index contributed by atoms with van der Waals surface area (Å²) >= 11 is 1.61. The van der Waals surface area contributed by atoms with Gasteiger partial charge in [0.25, 0.3) is 0 Å². The Kier molecular flexibility index (Phi) is 6.55. The number of nitrogens with zero attached hydrogens (tertiary/aromatic N) is 1. The summed E-state index contributed by atoms with van der Waals surface area (Å²) in [6.07, 6.45) is 0.292. The molecule has 70 valence electrons. The molecule has 0 unspecified atom stereocenters. The molecule has 4 nitrogen and oxygen atoms in total. The van der Waals surface area contributed by atoms with Gasteiger partial charge in [0.05, 0.1) is 12.2 Å². The van der Waals surface area contributed by atoms with Crippen LogP contribution in [0.25, 0.3) is 0 Å². The number of carbonyl (C=O) groups is 1. The molecule has 1 amide bonds. The van der Waals surface area contributed by atoms with Crippen LogP contribution in [-0.4, -0.2) is 24.0 Å². The number of rotatable bonds is 3. The Labute approximate surface area is 76.7 Å². The zero-order valence-electron chi connectivity index (χ0n) is 7.59. The van der Waals surface area contributed by atoms with E-state index >= 15 is 0 Å². The summed E-state index contributed by atoms with van der Waals surface area (Å²) in [5.41, 5.74) is 2.27. The van der Waals surface area contributed by atoms with E-state index in [1.165, 1.54) is 7.11 Å². The second-order valence-electron chi connectivity index (χ2n) is 1.90. The molecule has 0 atom stereocenters. The highest BCUT2D eigenvalue weighted by Crippen LogP contribution is 2.05. The van der Waals surface area contributed by atoms with Crippen molar-refractivity contribution in [2.75, 3.05) is 12.9 Å². The van der Waals surface area contributed by atoms with E-state index in [4.69, 9.17) is 0 Å². The van der Waals surface area contributed by atoms with Gasteiger partial charge in [-0.15, -0.1) is 11.8 Å². The summed E-state index contributed by atoms with van der Waals surface area (Å²) < 4.78 is 4.36. The van der Waals surface area contributed by atoms with Gasteiger partial charge in [0, 0.05) is 0 Å². The van der Waals surface area contributed by atoms with Gasteiger partial charge in [0.2, 0.25) is 0 Å². The van der Waals surface area contributed by atoms with Gasteiger partial charge in [-0.2, -0.15) is 5.10 Å². The molecule has 0 aliphatic carbocycles. The van der Waals surface area contributed by atoms with Crippen molar-refractivity contribution in [3.05, 3.63) is 0 Å². The molecule has 0 aliphatic rings. The molecular weight excluding hydrogens is 176 g/mol. The Morgan fingerprint density at radius 1 is 1.58 bits per heavy atom. The second-order valence-corrected chi connectivity index (χ2v) is 3.23. The van der Waals surface area contributed by atoms with Crippen LogP contribution >= 0.6 is 11.8 Å². The van der Waals surface area contributed by atoms with E-state index in [0.29, 0.717) is 0 Å². The van der Waals surface area contributed by atoms with Crippen LogP contribution in [0, 0.1) is 0 Å². The Morgan fingerprint density at radius 3 is 2.67 bits per heavy atom. The first-order chi connectivity index (χ1) is 5.74. The lowest BCUT2D eigenvalue weighted by Gasteiger charge is -2.01. The summed E-state index contributed by atoms with van der Waals surface area (Å²) in [5.74, 6) is 0.954. The van der Waals surface area contributed by atoms with Crippen LogP contribution < -0.4 is 5.43 Å². The number of nitrogens with one attached hydrogen (secondary N) is 1. The number of methoxy groups -OCH3 is 1. The number of amides is 1. The Bertz CT molecular complexity index is 171. The van der Waals surface area contributed by atoms with Crippen molar-refractivity contribution in [2.45, 2.75) is 20.3 Å². The van der Waals surface area contributed by atoms with Gasteiger partial charge in [-0.1, -0.05) is 13.8 Å². The molecule has 12 heavy (non-hydrogen) atoms. The summed E-state index contributed by atoms with van der Waals surface area (Å²) in [4.78, 5) is 10.6. The molecule has 0 aromatic carbocycles. The van der Waals surface area contributed by atoms with Crippen molar-refractivity contribution < 1.29 is 9.53 Å². The maximum absolute atomic E-state index is 10.6. The average Bonchev–Trinajstić information content (AvgIpc) is 2.11. The van der Waals surface area contributed by atoms with Crippen molar-refractivity contribution >= 4 is 22.9 Å². The fourth-order valence-corrected chi connectivity index (χ4v) is 1.18. The molecule has 1 N–H and O–H groups in total. The highest BCUT2D eigenvalue weighted by Gasteiger charge is 1.98. The lowest BCUT2D eigenvalue weighted by atomic mass is 10.5. The zero-order valence-corrected chi connectivity index (χ0v) is 8.40. The second kappa shape index (κ2) is 6.97. The Hall–Kier alpha value is -0.710. The predicted octanol–water partition coefficient (Wildman–Crippen LogP) is 1.82. The van der Waals surface area contributed by atoms with Crippen molar-refractivity contribution in [3.63, 3.8) is 0 Å². The summed E-state index contributed by atoms with van der Waals surface area (Å²) in [6, 6.07) is 0. The molecule has 5 heteroatoms. The predicted molar refractivity (Wildman–Crippen MR) is 51.4 cm³/mol. The van der Waals surface area contributed by atoms with Crippen LogP contribution in [0.5, 0.6) is 0 Å². The minimum Gasteiger partial charge on any atom is -0.452 e. The largest absolute Gasteiger partial charge is 0.452 e. The zero-order chi connectivity index (χ0) is 9.40. The fraction of sp³-hybridized carbons (Fsp3) is 0.714. The number of thioether (sulfide) groups is 1. The number of hydrogen-bond acceptors (Lipinski definition) is 4. The van der Waals surface area contributed by atoms with E-state index < -0.39 is 6.09 Å². The average molecular weight is 190 g/mol. The van der Waals surface area contributed by atoms with Crippen molar-refractivity contribution in [2.24, 2.45) is 5.10 Å². The first kappa shape index (κ1) is 11.3. The van der Waals surface area contributed by atoms with Gasteiger partial charge in [-0.25, -0.2) is 10.2 Å². The van der Waals surface area contributed by atoms with Gasteiger partial charge in [0.1, 0.15) is 0 Å². The molecule has 0 spiro atoms. The fourth-order valence-electron chi connectivity index (χ4n) is 0.534. The van der Waals surface area contributed by atoms with Crippen molar-refractivity contribution in [3.8, 4) is 0 Å². The van der Waals surface area contributed by atoms with Gasteiger partial charge in [0.15, 0.2) is 0 Å². The standard InChI is InChI=1S/C7H14N2O2S/c1-4-6(12-5-2)8-9-7(10)11-3/h4-5H2,1-3H3,(H,9,10)/b8-6-. The third-order valence-electron chi connectivity index (χ3n) is 1.07. The van der Waals surface area contributed by atoms with Gasteiger partial charge < -0.3 is 4.74 Å². The topological polar surface area (TPSA) is 50.7 Å². The smallest absolute Gasteiger partial charge is 0.427 e. The SMILES string of the molecule is CCS/C(CC)=N\NC(=O)OC. The highest BCUT2D eigenvalue weighted by atomic mass is 32.2. The maximum Gasteiger partial charge on any atom is 0.427 e. The minimum atomic E-state index is -0.530. The van der Waals surface area contributed by atoms with E-state index in [9.17, 15) is 4.79 Å². The first-order valence-electron chi connectivity index (χ1n) is 3.77. The number of hydrazone groups is 1. The summed E-state index contributed by atoms with van der Waals surface area (Å²) in [5, 5.41) is 4.76. The van der Waals surface area contributed by atoms with Crippen LogP contribution in [0.15, 0.2) is 5.10 Å². The minimum absolute atomic E-state index is 0.530. The molecule has 0 radical (unpaired) electrons. The molecule has 0 heterocycles. The lowest BCUT2D eigenvalue weighted by Crippen LogP contribution is -2.18. The van der Waals surface area contributed by atoms with Crippen LogP contribution in [0.4, 0.5) is 4.79 Å². The monoisotopic (exact) mass is 190 g/mol. The summed E-state index contributed by atoms with van der Waals surface area (Å²) in [7, 11) is 1.31. The third-order valence-corrected chi connectivity index (χ3v) is 2.07. The van der Waals surface area contributed by atoms with Crippen molar-refractivity contribution in [1.29, 1.82) is 0 Å². The molecule has 0 aromatic rings. The maximum atomic E-state index is 10.6. The molecule has 0 aromatic heterocycles. The van der Waals surface area contributed by atoms with E-state index in [-0.39, 0.29) is 0 Å². The molecular formula is C7H14N2O2S. The quantitative estimate of drug-likeness (QED) is 0.419. The van der Waals surface area contributed by atoms with Crippen LogP contribution in [0.2, 0.25) is 0 Å². The number of carbonyl (C=O) groups excluding carboxylic acids is 1. The van der Waals surface area contributed by atoms with Crippen LogP contribution in [0.3, 0.4) is 0 Å². The Balaban J connectivity index is 3.84. The third kappa shape index (κ3) is 5.01. The molecule has 0 aliphatic heterocycles. The highest BCUT2D eigenvalue weighted by molar-refractivity contribution is 8.13. The first-order valence-corrected chi connectivity index (χ1v) is 4.76. The molecule has 0 saturated carbocycles. The normalized spacial score (nSPS) is 11.1.